The maximum absolute atomic E-state index is 13.2. The molecule has 0 fully saturated rings. The summed E-state index contributed by atoms with van der Waals surface area (Å²) in [6.07, 6.45) is 3.11. The van der Waals surface area contributed by atoms with Gasteiger partial charge >= 0.3 is 0 Å². The molecule has 0 atom stereocenters. The fraction of sp³-hybridized carbons (Fsp3) is 0.0909. The van der Waals surface area contributed by atoms with Crippen LogP contribution in [0.3, 0.4) is 0 Å². The molecule has 0 aliphatic carbocycles. The van der Waals surface area contributed by atoms with Crippen LogP contribution in [0.4, 0.5) is 5.69 Å². The number of benzene rings is 2. The molecule has 0 radical (unpaired) electrons. The number of para-hydroxylation sites is 1. The number of hydrogen-bond donors (Lipinski definition) is 0. The molecule has 4 aromatic rings. The van der Waals surface area contributed by atoms with Gasteiger partial charge in [-0.3, -0.25) is 19.1 Å². The lowest BCUT2D eigenvalue weighted by atomic mass is 10.2. The van der Waals surface area contributed by atoms with Crippen molar-refractivity contribution in [1.82, 2.24) is 14.5 Å². The second-order valence-electron chi connectivity index (χ2n) is 6.47. The van der Waals surface area contributed by atoms with Crippen LogP contribution in [0.25, 0.3) is 10.9 Å². The highest BCUT2D eigenvalue weighted by Crippen LogP contribution is 2.20. The summed E-state index contributed by atoms with van der Waals surface area (Å²) in [5, 5.41) is 0.489. The maximum atomic E-state index is 13.2. The van der Waals surface area contributed by atoms with Crippen molar-refractivity contribution in [3.8, 4) is 0 Å². The molecule has 2 heterocycles. The number of amides is 1. The predicted molar refractivity (Wildman–Crippen MR) is 116 cm³/mol. The third-order valence-electron chi connectivity index (χ3n) is 4.52. The SMILES string of the molecule is O=C(Cn1cnc2ccccc2c1=O)N(Cc1ccccn1)c1ccc(Br)cc1. The van der Waals surface area contributed by atoms with E-state index in [2.05, 4.69) is 25.9 Å². The minimum Gasteiger partial charge on any atom is -0.305 e. The van der Waals surface area contributed by atoms with Crippen LogP contribution < -0.4 is 10.5 Å². The summed E-state index contributed by atoms with van der Waals surface area (Å²) in [6.45, 7) is 0.191. The van der Waals surface area contributed by atoms with E-state index in [4.69, 9.17) is 0 Å². The second kappa shape index (κ2) is 8.36. The lowest BCUT2D eigenvalue weighted by Gasteiger charge is -2.23. The zero-order valence-electron chi connectivity index (χ0n) is 15.4. The molecule has 2 aromatic heterocycles. The molecule has 0 saturated heterocycles. The summed E-state index contributed by atoms with van der Waals surface area (Å²) in [4.78, 5) is 36.2. The monoisotopic (exact) mass is 448 g/mol. The number of carbonyl (C=O) groups excluding carboxylic acids is 1. The quantitative estimate of drug-likeness (QED) is 0.465. The number of hydrogen-bond acceptors (Lipinski definition) is 4. The molecule has 0 aliphatic rings. The summed E-state index contributed by atoms with van der Waals surface area (Å²) in [7, 11) is 0. The van der Waals surface area contributed by atoms with Gasteiger partial charge in [0, 0.05) is 16.4 Å². The number of aromatic nitrogens is 3. The van der Waals surface area contributed by atoms with Crippen molar-refractivity contribution in [1.29, 1.82) is 0 Å². The normalized spacial score (nSPS) is 10.8. The van der Waals surface area contributed by atoms with Crippen molar-refractivity contribution in [2.24, 2.45) is 0 Å². The standard InChI is InChI=1S/C22H17BrN4O2/c23-16-8-10-18(11-9-16)27(13-17-5-3-4-12-24-17)21(28)14-26-15-25-20-7-2-1-6-19(20)22(26)29/h1-12,15H,13-14H2. The fourth-order valence-electron chi connectivity index (χ4n) is 3.05. The van der Waals surface area contributed by atoms with E-state index in [0.717, 1.165) is 15.9 Å². The van der Waals surface area contributed by atoms with Gasteiger partial charge in [0.25, 0.3) is 5.56 Å². The number of rotatable bonds is 5. The van der Waals surface area contributed by atoms with Gasteiger partial charge in [0.05, 0.1) is 29.5 Å². The molecule has 2 aromatic carbocycles. The van der Waals surface area contributed by atoms with Crippen molar-refractivity contribution < 1.29 is 4.79 Å². The average Bonchev–Trinajstić information content (AvgIpc) is 2.75. The fourth-order valence-corrected chi connectivity index (χ4v) is 3.31. The van der Waals surface area contributed by atoms with E-state index in [1.165, 1.54) is 10.9 Å². The summed E-state index contributed by atoms with van der Waals surface area (Å²) in [5.74, 6) is -0.225. The van der Waals surface area contributed by atoms with Gasteiger partial charge in [-0.15, -0.1) is 0 Å². The van der Waals surface area contributed by atoms with E-state index in [1.54, 1.807) is 29.3 Å². The second-order valence-corrected chi connectivity index (χ2v) is 7.39. The summed E-state index contributed by atoms with van der Waals surface area (Å²) >= 11 is 3.42. The van der Waals surface area contributed by atoms with Crippen molar-refractivity contribution in [3.63, 3.8) is 0 Å². The van der Waals surface area contributed by atoms with Gasteiger partial charge in [-0.2, -0.15) is 0 Å². The summed E-state index contributed by atoms with van der Waals surface area (Å²) < 4.78 is 2.26. The van der Waals surface area contributed by atoms with E-state index in [-0.39, 0.29) is 18.0 Å². The first-order chi connectivity index (χ1) is 14.1. The van der Waals surface area contributed by atoms with E-state index in [9.17, 15) is 9.59 Å². The molecule has 1 amide bonds. The van der Waals surface area contributed by atoms with Crippen molar-refractivity contribution >= 4 is 38.4 Å². The number of halogens is 1. The lowest BCUT2D eigenvalue weighted by molar-refractivity contribution is -0.119. The topological polar surface area (TPSA) is 68.1 Å². The Labute approximate surface area is 175 Å². The van der Waals surface area contributed by atoms with Crippen LogP contribution in [0.15, 0.2) is 88.5 Å². The van der Waals surface area contributed by atoms with Gasteiger partial charge in [-0.05, 0) is 48.5 Å². The summed E-state index contributed by atoms with van der Waals surface area (Å²) in [6, 6.07) is 20.1. The van der Waals surface area contributed by atoms with Gasteiger partial charge in [0.2, 0.25) is 5.91 Å². The minimum absolute atomic E-state index is 0.112. The van der Waals surface area contributed by atoms with Crippen LogP contribution in [0.1, 0.15) is 5.69 Å². The van der Waals surface area contributed by atoms with Crippen LogP contribution in [-0.2, 0) is 17.9 Å². The van der Waals surface area contributed by atoms with Crippen LogP contribution in [-0.4, -0.2) is 20.4 Å². The van der Waals surface area contributed by atoms with Gasteiger partial charge < -0.3 is 4.90 Å². The Morgan fingerprint density at radius 1 is 0.966 bits per heavy atom. The Balaban J connectivity index is 1.67. The number of pyridine rings is 1. The van der Waals surface area contributed by atoms with Crippen molar-refractivity contribution in [2.75, 3.05) is 4.90 Å². The number of carbonyl (C=O) groups is 1. The molecule has 7 heteroatoms. The average molecular weight is 449 g/mol. The van der Waals surface area contributed by atoms with Gasteiger partial charge in [-0.1, -0.05) is 34.1 Å². The van der Waals surface area contributed by atoms with E-state index in [1.807, 2.05) is 48.5 Å². The van der Waals surface area contributed by atoms with Gasteiger partial charge in [0.15, 0.2) is 0 Å². The highest BCUT2D eigenvalue weighted by molar-refractivity contribution is 9.10. The van der Waals surface area contributed by atoms with E-state index in [0.29, 0.717) is 17.4 Å². The molecule has 0 bridgehead atoms. The van der Waals surface area contributed by atoms with Crippen LogP contribution in [0.5, 0.6) is 0 Å². The Morgan fingerprint density at radius 2 is 1.72 bits per heavy atom. The number of fused-ring (bicyclic) bond motifs is 1. The first kappa shape index (κ1) is 19.0. The number of nitrogens with zero attached hydrogens (tertiary/aromatic N) is 4. The Bertz CT molecular complexity index is 1210. The molecule has 4 rings (SSSR count). The third kappa shape index (κ3) is 4.25. The molecular weight excluding hydrogens is 432 g/mol. The highest BCUT2D eigenvalue weighted by Gasteiger charge is 2.18. The molecule has 0 N–H and O–H groups in total. The lowest BCUT2D eigenvalue weighted by Crippen LogP contribution is -2.36. The predicted octanol–water partition coefficient (Wildman–Crippen LogP) is 3.79. The zero-order chi connectivity index (χ0) is 20.2. The maximum Gasteiger partial charge on any atom is 0.261 e. The van der Waals surface area contributed by atoms with Crippen molar-refractivity contribution in [2.45, 2.75) is 13.1 Å². The van der Waals surface area contributed by atoms with Crippen molar-refractivity contribution in [3.05, 3.63) is 99.8 Å². The van der Waals surface area contributed by atoms with Crippen LogP contribution >= 0.6 is 15.9 Å². The first-order valence-electron chi connectivity index (χ1n) is 9.02. The molecule has 144 valence electrons. The molecule has 0 unspecified atom stereocenters. The molecule has 0 aliphatic heterocycles. The minimum atomic E-state index is -0.238. The smallest absolute Gasteiger partial charge is 0.261 e. The number of anilines is 1. The van der Waals surface area contributed by atoms with Crippen LogP contribution in [0, 0.1) is 0 Å². The van der Waals surface area contributed by atoms with Crippen LogP contribution in [0.2, 0.25) is 0 Å². The summed E-state index contributed by atoms with van der Waals surface area (Å²) in [5.41, 5.74) is 1.86. The highest BCUT2D eigenvalue weighted by atomic mass is 79.9. The molecule has 29 heavy (non-hydrogen) atoms. The van der Waals surface area contributed by atoms with Gasteiger partial charge in [0.1, 0.15) is 6.54 Å². The molecule has 0 spiro atoms. The van der Waals surface area contributed by atoms with E-state index >= 15 is 0 Å². The third-order valence-corrected chi connectivity index (χ3v) is 5.05. The zero-order valence-corrected chi connectivity index (χ0v) is 17.0. The van der Waals surface area contributed by atoms with E-state index < -0.39 is 0 Å². The molecule has 0 saturated carbocycles. The largest absolute Gasteiger partial charge is 0.305 e. The Kier molecular flexibility index (Phi) is 5.48. The Morgan fingerprint density at radius 3 is 2.48 bits per heavy atom. The molecule has 6 nitrogen and oxygen atoms in total. The first-order valence-corrected chi connectivity index (χ1v) is 9.81. The van der Waals surface area contributed by atoms with Gasteiger partial charge in [-0.25, -0.2) is 4.98 Å². The Hall–Kier alpha value is -3.32. The molecular formula is C22H17BrN4O2.